The van der Waals surface area contributed by atoms with Crippen LogP contribution in [0.3, 0.4) is 0 Å². The van der Waals surface area contributed by atoms with Gasteiger partial charge in [-0.25, -0.2) is 9.97 Å². The Morgan fingerprint density at radius 2 is 1.84 bits per heavy atom. The van der Waals surface area contributed by atoms with Gasteiger partial charge in [0.05, 0.1) is 45.8 Å². The van der Waals surface area contributed by atoms with Gasteiger partial charge in [-0.15, -0.1) is 16.4 Å². The Balaban J connectivity index is 1.08. The number of anilines is 2. The lowest BCUT2D eigenvalue weighted by atomic mass is 10.0. The number of fused-ring (bicyclic) bond motifs is 4. The second-order valence-electron chi connectivity index (χ2n) is 15.4. The van der Waals surface area contributed by atoms with E-state index in [0.29, 0.717) is 36.2 Å². The Bertz CT molecular complexity index is 2750. The summed E-state index contributed by atoms with van der Waals surface area (Å²) < 4.78 is 55.1. The lowest BCUT2D eigenvalue weighted by molar-refractivity contribution is -0.137. The lowest BCUT2D eigenvalue weighted by Gasteiger charge is -2.42. The zero-order valence-corrected chi connectivity index (χ0v) is 35.4. The number of hydrogen-bond acceptors (Lipinski definition) is 12. The zero-order valence-electron chi connectivity index (χ0n) is 33.8. The van der Waals surface area contributed by atoms with E-state index in [2.05, 4.69) is 15.3 Å². The number of halogens is 4. The van der Waals surface area contributed by atoms with Crippen molar-refractivity contribution in [2.24, 2.45) is 0 Å². The molecule has 9 rings (SSSR count). The first-order valence-electron chi connectivity index (χ1n) is 19.9. The van der Waals surface area contributed by atoms with Crippen LogP contribution in [0.1, 0.15) is 62.5 Å². The largest absolute Gasteiger partial charge is 0.485 e. The number of aromatic nitrogens is 6. The number of likely N-dealkylation sites (N-methyl/N-ethyl adjacent to an activating group) is 1. The fraction of sp³-hybridized carbons (Fsp3) is 0.357. The summed E-state index contributed by atoms with van der Waals surface area (Å²) in [6, 6.07) is 12.8. The predicted octanol–water partition coefficient (Wildman–Crippen LogP) is 6.19. The number of alkyl halides is 3. The summed E-state index contributed by atoms with van der Waals surface area (Å²) >= 11 is 7.78. The SMILES string of the molecule is Cc1ncnc(C(=O)N2CCN(c3c4n(c5nc(-c6cc7c(s6)COCC7)nn5c3=O)[C@@H](C(=O)Nc3ccc(C(F)(F)F)cc3Cl)CN(C)[C@H]4C)CC2)c1OCc1ccccc1. The molecule has 1 fully saturated rings. The van der Waals surface area contributed by atoms with E-state index in [9.17, 15) is 27.6 Å². The van der Waals surface area contributed by atoms with Gasteiger partial charge in [0.15, 0.2) is 17.3 Å². The highest BCUT2D eigenvalue weighted by Crippen LogP contribution is 2.39. The molecule has 0 aliphatic carbocycles. The van der Waals surface area contributed by atoms with Gasteiger partial charge < -0.3 is 24.6 Å². The highest BCUT2D eigenvalue weighted by molar-refractivity contribution is 7.15. The lowest BCUT2D eigenvalue weighted by Crippen LogP contribution is -2.52. The molecule has 3 aliphatic rings. The van der Waals surface area contributed by atoms with Gasteiger partial charge >= 0.3 is 6.18 Å². The Morgan fingerprint density at radius 1 is 1.06 bits per heavy atom. The van der Waals surface area contributed by atoms with Crippen molar-refractivity contribution in [2.75, 3.05) is 56.6 Å². The maximum absolute atomic E-state index is 14.9. The summed E-state index contributed by atoms with van der Waals surface area (Å²) in [5.41, 5.74) is 2.06. The summed E-state index contributed by atoms with van der Waals surface area (Å²) in [4.78, 5) is 64.1. The molecule has 6 aromatic rings. The minimum Gasteiger partial charge on any atom is -0.485 e. The number of ether oxygens (including phenoxy) is 2. The summed E-state index contributed by atoms with van der Waals surface area (Å²) in [5, 5.41) is 7.20. The molecule has 0 bridgehead atoms. The number of aryl methyl sites for hydroxylation is 1. The molecule has 322 valence electrons. The molecular formula is C42H40ClF3N10O5S. The van der Waals surface area contributed by atoms with Gasteiger partial charge in [-0.3, -0.25) is 23.9 Å². The van der Waals surface area contributed by atoms with Gasteiger partial charge in [-0.05, 0) is 62.7 Å². The second kappa shape index (κ2) is 16.4. The third kappa shape index (κ3) is 7.67. The third-order valence-electron chi connectivity index (χ3n) is 11.5. The number of carbonyl (C=O) groups excluding carboxylic acids is 2. The van der Waals surface area contributed by atoms with E-state index in [1.54, 1.807) is 16.4 Å². The van der Waals surface area contributed by atoms with Gasteiger partial charge in [0.1, 0.15) is 24.7 Å². The van der Waals surface area contributed by atoms with Crippen LogP contribution in [0.4, 0.5) is 24.5 Å². The predicted molar refractivity (Wildman–Crippen MR) is 225 cm³/mol. The quantitative estimate of drug-likeness (QED) is 0.186. The van der Waals surface area contributed by atoms with Crippen LogP contribution >= 0.6 is 22.9 Å². The minimum absolute atomic E-state index is 0.00776. The van der Waals surface area contributed by atoms with E-state index in [-0.39, 0.29) is 73.1 Å². The molecule has 0 radical (unpaired) electrons. The number of piperazine rings is 1. The molecule has 2 amide bonds. The number of nitrogens with zero attached hydrogens (tertiary/aromatic N) is 9. The third-order valence-corrected chi connectivity index (χ3v) is 13.0. The topological polar surface area (TPSA) is 152 Å². The van der Waals surface area contributed by atoms with Crippen LogP contribution in [-0.2, 0) is 35.3 Å². The van der Waals surface area contributed by atoms with Gasteiger partial charge in [0, 0.05) is 43.6 Å². The molecule has 2 atom stereocenters. The zero-order chi connectivity index (χ0) is 43.4. The Kier molecular flexibility index (Phi) is 11.0. The number of hydrogen-bond donors (Lipinski definition) is 1. The van der Waals surface area contributed by atoms with Crippen LogP contribution in [0.15, 0.2) is 65.7 Å². The van der Waals surface area contributed by atoms with Crippen LogP contribution in [0.2, 0.25) is 5.02 Å². The van der Waals surface area contributed by atoms with E-state index in [1.807, 2.05) is 60.2 Å². The van der Waals surface area contributed by atoms with Crippen molar-refractivity contribution in [2.45, 2.75) is 51.7 Å². The van der Waals surface area contributed by atoms with Crippen molar-refractivity contribution >= 4 is 51.9 Å². The monoisotopic (exact) mass is 888 g/mol. The van der Waals surface area contributed by atoms with E-state index in [1.165, 1.54) is 22.2 Å². The minimum atomic E-state index is -4.63. The molecule has 2 aromatic carbocycles. The summed E-state index contributed by atoms with van der Waals surface area (Å²) in [5.74, 6) is -0.213. The van der Waals surface area contributed by atoms with E-state index < -0.39 is 35.3 Å². The van der Waals surface area contributed by atoms with Crippen molar-refractivity contribution < 1.29 is 32.2 Å². The molecule has 62 heavy (non-hydrogen) atoms. The van der Waals surface area contributed by atoms with Gasteiger partial charge in [0.2, 0.25) is 11.7 Å². The van der Waals surface area contributed by atoms with E-state index >= 15 is 0 Å². The highest BCUT2D eigenvalue weighted by atomic mass is 35.5. The molecule has 1 N–H and O–H groups in total. The first-order chi connectivity index (χ1) is 29.8. The maximum Gasteiger partial charge on any atom is 0.416 e. The van der Waals surface area contributed by atoms with Gasteiger partial charge in [-0.2, -0.15) is 22.7 Å². The van der Waals surface area contributed by atoms with E-state index in [4.69, 9.17) is 31.2 Å². The summed E-state index contributed by atoms with van der Waals surface area (Å²) in [6.07, 6.45) is -2.57. The molecule has 0 spiro atoms. The molecule has 0 unspecified atom stereocenters. The van der Waals surface area contributed by atoms with Gasteiger partial charge in [-0.1, -0.05) is 41.9 Å². The van der Waals surface area contributed by atoms with Crippen LogP contribution < -0.4 is 20.5 Å². The summed E-state index contributed by atoms with van der Waals surface area (Å²) in [6.45, 7) is 6.04. The average molecular weight is 889 g/mol. The molecule has 15 nitrogen and oxygen atoms in total. The van der Waals surface area contributed by atoms with Gasteiger partial charge in [0.25, 0.3) is 11.5 Å². The molecule has 4 aromatic heterocycles. The summed E-state index contributed by atoms with van der Waals surface area (Å²) in [7, 11) is 1.82. The molecule has 7 heterocycles. The second-order valence-corrected chi connectivity index (χ2v) is 17.0. The van der Waals surface area contributed by atoms with Crippen molar-refractivity contribution in [3.63, 3.8) is 0 Å². The maximum atomic E-state index is 14.9. The van der Waals surface area contributed by atoms with Crippen LogP contribution in [0, 0.1) is 6.92 Å². The number of thiophene rings is 1. The Hall–Kier alpha value is -5.89. The number of rotatable bonds is 8. The number of benzene rings is 2. The molecule has 0 saturated carbocycles. The fourth-order valence-corrected chi connectivity index (χ4v) is 9.43. The first-order valence-corrected chi connectivity index (χ1v) is 21.1. The standard InChI is InChI=1S/C42H40ClF3N10O5S/c1-23-36(61-20-25-7-5-4-6-8-25)33(48-22-47-23)39(58)54-14-12-53(13-15-54)35-34-24(2)52(3)19-30(38(57)49-29-10-9-27(18-28(29)43)42(44,45)46)55(34)41-50-37(51-56(41)40(35)59)31-17-26-11-16-60-21-32(26)62-31/h4-10,17-18,22,24,30H,11-16,19-21H2,1-3H3,(H,49,57)/t24-,30+/m0/s1. The Labute approximate surface area is 361 Å². The number of carbonyl (C=O) groups is 2. The van der Waals surface area contributed by atoms with Crippen molar-refractivity contribution in [3.8, 4) is 16.5 Å². The molecule has 3 aliphatic heterocycles. The Morgan fingerprint density at radius 3 is 2.56 bits per heavy atom. The van der Waals surface area contributed by atoms with Crippen LogP contribution in [-0.4, -0.2) is 97.1 Å². The highest BCUT2D eigenvalue weighted by Gasteiger charge is 2.41. The number of nitrogens with one attached hydrogen (secondary N) is 1. The van der Waals surface area contributed by atoms with Crippen molar-refractivity contribution in [1.82, 2.24) is 38.9 Å². The van der Waals surface area contributed by atoms with Crippen LogP contribution in [0.25, 0.3) is 16.5 Å². The first kappa shape index (κ1) is 41.5. The fourth-order valence-electron chi connectivity index (χ4n) is 8.12. The molecular weight excluding hydrogens is 849 g/mol. The van der Waals surface area contributed by atoms with Crippen molar-refractivity contribution in [3.05, 3.63) is 115 Å². The average Bonchev–Trinajstić information content (AvgIpc) is 3.91. The number of amides is 2. The normalized spacial score (nSPS) is 18.1. The smallest absolute Gasteiger partial charge is 0.416 e. The molecule has 1 saturated heterocycles. The molecule has 20 heteroatoms. The van der Waals surface area contributed by atoms with E-state index in [0.717, 1.165) is 45.5 Å². The van der Waals surface area contributed by atoms with Crippen LogP contribution in [0.5, 0.6) is 5.75 Å². The van der Waals surface area contributed by atoms with Crippen molar-refractivity contribution in [1.29, 1.82) is 0 Å².